The Balaban J connectivity index is 1.47. The molecule has 25 heavy (non-hydrogen) atoms. The van der Waals surface area contributed by atoms with E-state index in [0.29, 0.717) is 37.8 Å². The van der Waals surface area contributed by atoms with Crippen molar-refractivity contribution >= 4 is 5.91 Å². The van der Waals surface area contributed by atoms with E-state index >= 15 is 0 Å². The van der Waals surface area contributed by atoms with E-state index in [0.717, 1.165) is 12.2 Å². The molecular weight excluding hydrogens is 323 g/mol. The molecule has 1 aliphatic carbocycles. The molecule has 1 aliphatic heterocycles. The highest BCUT2D eigenvalue weighted by atomic mass is 19.1. The molecule has 1 aromatic carbocycles. The van der Waals surface area contributed by atoms with Crippen molar-refractivity contribution in [3.8, 4) is 0 Å². The first-order valence-electron chi connectivity index (χ1n) is 8.70. The number of benzene rings is 1. The molecule has 2 aliphatic rings. The van der Waals surface area contributed by atoms with Crippen LogP contribution in [-0.4, -0.2) is 26.3 Å². The second-order valence-corrected chi connectivity index (χ2v) is 7.03. The highest BCUT2D eigenvalue weighted by Gasteiger charge is 2.53. The molecule has 1 fully saturated rings. The van der Waals surface area contributed by atoms with Crippen LogP contribution in [0.15, 0.2) is 29.1 Å². The summed E-state index contributed by atoms with van der Waals surface area (Å²) in [5.74, 6) is 0.342. The van der Waals surface area contributed by atoms with Gasteiger partial charge in [0.25, 0.3) is 0 Å². The Hall–Kier alpha value is -2.44. The van der Waals surface area contributed by atoms with Crippen LogP contribution in [0.1, 0.15) is 37.1 Å². The van der Waals surface area contributed by atoms with Crippen molar-refractivity contribution in [2.24, 2.45) is 7.05 Å². The number of hydrogen-bond donors (Lipinski definition) is 1. The lowest BCUT2D eigenvalue weighted by molar-refractivity contribution is -0.124. The highest BCUT2D eigenvalue weighted by Crippen LogP contribution is 2.49. The molecule has 1 saturated carbocycles. The molecule has 2 aromatic rings. The number of amides is 1. The zero-order valence-electron chi connectivity index (χ0n) is 14.2. The Morgan fingerprint density at radius 1 is 1.32 bits per heavy atom. The first-order chi connectivity index (χ1) is 12.0. The Morgan fingerprint density at radius 2 is 2.08 bits per heavy atom. The maximum Gasteiger partial charge on any atom is 0.345 e. The predicted octanol–water partition coefficient (Wildman–Crippen LogP) is 1.27. The van der Waals surface area contributed by atoms with E-state index in [9.17, 15) is 14.0 Å². The molecule has 1 atom stereocenters. The number of carbonyl (C=O) groups excluding carboxylic acids is 1. The first-order valence-corrected chi connectivity index (χ1v) is 8.70. The highest BCUT2D eigenvalue weighted by molar-refractivity contribution is 5.91. The normalized spacial score (nSPS) is 21.3. The van der Waals surface area contributed by atoms with Crippen molar-refractivity contribution < 1.29 is 9.18 Å². The van der Waals surface area contributed by atoms with E-state index in [1.165, 1.54) is 10.7 Å². The molecule has 6 nitrogen and oxygen atoms in total. The third-order valence-electron chi connectivity index (χ3n) is 5.41. The van der Waals surface area contributed by atoms with Crippen LogP contribution in [0, 0.1) is 5.82 Å². The molecule has 0 radical (unpaired) electrons. The van der Waals surface area contributed by atoms with Gasteiger partial charge in [0.05, 0.1) is 5.41 Å². The summed E-state index contributed by atoms with van der Waals surface area (Å²) in [7, 11) is 1.65. The van der Waals surface area contributed by atoms with Crippen molar-refractivity contribution in [1.82, 2.24) is 19.7 Å². The molecule has 132 valence electrons. The molecular formula is C18H21FN4O2. The number of hydrogen-bond acceptors (Lipinski definition) is 3. The standard InChI is InChI=1S/C18H21FN4O2/c1-22-17(25)23-11-8-12(6-7-15(23)21-22)20-16(24)18(9-10-18)13-4-2-3-5-14(13)19/h2-5,12H,6-11H2,1H3,(H,20,24). The van der Waals surface area contributed by atoms with E-state index < -0.39 is 5.41 Å². The maximum absolute atomic E-state index is 14.1. The lowest BCUT2D eigenvalue weighted by atomic mass is 9.93. The summed E-state index contributed by atoms with van der Waals surface area (Å²) < 4.78 is 17.1. The monoisotopic (exact) mass is 344 g/mol. The molecule has 0 bridgehead atoms. The number of aromatic nitrogens is 3. The second kappa shape index (κ2) is 5.82. The average Bonchev–Trinajstić information content (AvgIpc) is 3.37. The van der Waals surface area contributed by atoms with Gasteiger partial charge in [-0.1, -0.05) is 18.2 Å². The fraction of sp³-hybridized carbons (Fsp3) is 0.500. The number of aryl methyl sites for hydroxylation is 2. The summed E-state index contributed by atoms with van der Waals surface area (Å²) in [4.78, 5) is 24.8. The third kappa shape index (κ3) is 2.67. The van der Waals surface area contributed by atoms with Gasteiger partial charge in [-0.05, 0) is 31.7 Å². The van der Waals surface area contributed by atoms with E-state index in [-0.39, 0.29) is 23.5 Å². The number of rotatable bonds is 3. The Morgan fingerprint density at radius 3 is 2.80 bits per heavy atom. The molecule has 1 unspecified atom stereocenters. The number of fused-ring (bicyclic) bond motifs is 1. The summed E-state index contributed by atoms with van der Waals surface area (Å²) in [6.45, 7) is 0.541. The first kappa shape index (κ1) is 16.1. The predicted molar refractivity (Wildman–Crippen MR) is 89.6 cm³/mol. The molecule has 4 rings (SSSR count). The van der Waals surface area contributed by atoms with Gasteiger partial charge in [-0.15, -0.1) is 0 Å². The zero-order chi connectivity index (χ0) is 17.6. The fourth-order valence-electron chi connectivity index (χ4n) is 3.76. The summed E-state index contributed by atoms with van der Waals surface area (Å²) in [5, 5.41) is 7.34. The van der Waals surface area contributed by atoms with Crippen molar-refractivity contribution in [1.29, 1.82) is 0 Å². The van der Waals surface area contributed by atoms with Gasteiger partial charge in [0, 0.05) is 31.6 Å². The molecule has 1 amide bonds. The van der Waals surface area contributed by atoms with E-state index in [1.807, 2.05) is 0 Å². The van der Waals surface area contributed by atoms with Crippen LogP contribution in [-0.2, 0) is 30.2 Å². The molecule has 7 heteroatoms. The van der Waals surface area contributed by atoms with Gasteiger partial charge >= 0.3 is 5.69 Å². The Bertz CT molecular complexity index is 881. The summed E-state index contributed by atoms with van der Waals surface area (Å²) in [6, 6.07) is 6.49. The van der Waals surface area contributed by atoms with Gasteiger partial charge in [-0.25, -0.2) is 13.9 Å². The quantitative estimate of drug-likeness (QED) is 0.912. The van der Waals surface area contributed by atoms with E-state index in [2.05, 4.69) is 10.4 Å². The summed E-state index contributed by atoms with van der Waals surface area (Å²) in [6.07, 6.45) is 3.41. The molecule has 2 heterocycles. The number of nitrogens with zero attached hydrogens (tertiary/aromatic N) is 3. The minimum Gasteiger partial charge on any atom is -0.353 e. The van der Waals surface area contributed by atoms with Crippen LogP contribution < -0.4 is 11.0 Å². The largest absolute Gasteiger partial charge is 0.353 e. The van der Waals surface area contributed by atoms with Crippen LogP contribution in [0.2, 0.25) is 0 Å². The van der Waals surface area contributed by atoms with Gasteiger partial charge in [0.15, 0.2) is 0 Å². The van der Waals surface area contributed by atoms with Crippen molar-refractivity contribution in [2.45, 2.75) is 50.1 Å². The van der Waals surface area contributed by atoms with Crippen LogP contribution in [0.5, 0.6) is 0 Å². The zero-order valence-corrected chi connectivity index (χ0v) is 14.2. The van der Waals surface area contributed by atoms with Crippen LogP contribution in [0.4, 0.5) is 4.39 Å². The molecule has 1 N–H and O–H groups in total. The minimum absolute atomic E-state index is 0.0249. The lowest BCUT2D eigenvalue weighted by Crippen LogP contribution is -2.42. The SMILES string of the molecule is Cn1nc2n(c1=O)CCC(NC(=O)C1(c3ccccc3F)CC1)CC2. The van der Waals surface area contributed by atoms with Crippen LogP contribution in [0.25, 0.3) is 0 Å². The van der Waals surface area contributed by atoms with Crippen molar-refractivity contribution in [3.05, 3.63) is 52.0 Å². The number of carbonyl (C=O) groups is 1. The smallest absolute Gasteiger partial charge is 0.345 e. The Labute approximate surface area is 144 Å². The molecule has 0 saturated heterocycles. The van der Waals surface area contributed by atoms with Gasteiger partial charge in [-0.3, -0.25) is 9.36 Å². The second-order valence-electron chi connectivity index (χ2n) is 7.03. The summed E-state index contributed by atoms with van der Waals surface area (Å²) >= 11 is 0. The molecule has 0 spiro atoms. The number of nitrogens with one attached hydrogen (secondary N) is 1. The van der Waals surface area contributed by atoms with Crippen molar-refractivity contribution in [3.63, 3.8) is 0 Å². The number of halogens is 1. The van der Waals surface area contributed by atoms with Gasteiger partial charge in [0.2, 0.25) is 5.91 Å². The van der Waals surface area contributed by atoms with Gasteiger partial charge in [0.1, 0.15) is 11.6 Å². The minimum atomic E-state index is -0.721. The fourth-order valence-corrected chi connectivity index (χ4v) is 3.76. The van der Waals surface area contributed by atoms with Gasteiger partial charge < -0.3 is 5.32 Å². The van der Waals surface area contributed by atoms with E-state index in [4.69, 9.17) is 0 Å². The van der Waals surface area contributed by atoms with Crippen LogP contribution in [0.3, 0.4) is 0 Å². The third-order valence-corrected chi connectivity index (χ3v) is 5.41. The topological polar surface area (TPSA) is 68.9 Å². The average molecular weight is 344 g/mol. The van der Waals surface area contributed by atoms with E-state index in [1.54, 1.807) is 29.8 Å². The lowest BCUT2D eigenvalue weighted by Gasteiger charge is -2.21. The Kier molecular flexibility index (Phi) is 3.74. The summed E-state index contributed by atoms with van der Waals surface area (Å²) in [5.41, 5.74) is -0.351. The van der Waals surface area contributed by atoms with Crippen LogP contribution >= 0.6 is 0 Å². The van der Waals surface area contributed by atoms with Gasteiger partial charge in [-0.2, -0.15) is 5.10 Å². The molecule has 1 aromatic heterocycles. The maximum atomic E-state index is 14.1. The van der Waals surface area contributed by atoms with Crippen molar-refractivity contribution in [2.75, 3.05) is 0 Å².